The highest BCUT2D eigenvalue weighted by molar-refractivity contribution is 7.80. The number of nitrogens with zero attached hydrogens (tertiary/aromatic N) is 1. The summed E-state index contributed by atoms with van der Waals surface area (Å²) >= 11 is 4.82. The summed E-state index contributed by atoms with van der Waals surface area (Å²) in [6, 6.07) is 0. The van der Waals surface area contributed by atoms with Gasteiger partial charge < -0.3 is 20.5 Å². The van der Waals surface area contributed by atoms with Crippen LogP contribution in [0.25, 0.3) is 0 Å². The highest BCUT2D eigenvalue weighted by Gasteiger charge is 2.24. The molecule has 1 saturated heterocycles. The van der Waals surface area contributed by atoms with E-state index in [2.05, 4.69) is 15.5 Å². The summed E-state index contributed by atoms with van der Waals surface area (Å²) in [6.07, 6.45) is 0.835. The number of ether oxygens (including phenoxy) is 2. The number of thiocarbonyl (C=S) groups is 1. The second-order valence-corrected chi connectivity index (χ2v) is 3.89. The summed E-state index contributed by atoms with van der Waals surface area (Å²) < 4.78 is 10.4. The molecule has 92 valence electrons. The summed E-state index contributed by atoms with van der Waals surface area (Å²) in [6.45, 7) is 1.15. The Hall–Kier alpha value is -1.51. The zero-order valence-corrected chi connectivity index (χ0v) is 9.75. The van der Waals surface area contributed by atoms with Crippen LogP contribution in [-0.4, -0.2) is 47.0 Å². The first-order valence-corrected chi connectivity index (χ1v) is 5.42. The fraction of sp³-hybridized carbons (Fsp3) is 0.444. The van der Waals surface area contributed by atoms with E-state index in [0.717, 1.165) is 0 Å². The van der Waals surface area contributed by atoms with Gasteiger partial charge in [0.1, 0.15) is 10.8 Å². The van der Waals surface area contributed by atoms with E-state index in [4.69, 9.17) is 27.4 Å². The third-order valence-corrected chi connectivity index (χ3v) is 2.48. The number of nitrogens with one attached hydrogen (secondary N) is 2. The molecule has 0 aromatic carbocycles. The van der Waals surface area contributed by atoms with Crippen molar-refractivity contribution in [3.63, 3.8) is 0 Å². The van der Waals surface area contributed by atoms with Crippen LogP contribution in [0, 0.1) is 0 Å². The van der Waals surface area contributed by atoms with Crippen LogP contribution in [0.5, 0.6) is 0 Å². The average Bonchev–Trinajstić information content (AvgIpc) is 2.78. The molecular formula is C9H12N4O3S. The number of H-pyrrole nitrogens is 1. The first kappa shape index (κ1) is 12.0. The second kappa shape index (κ2) is 5.21. The van der Waals surface area contributed by atoms with Crippen molar-refractivity contribution in [2.24, 2.45) is 5.73 Å². The lowest BCUT2D eigenvalue weighted by Crippen LogP contribution is -2.39. The highest BCUT2D eigenvalue weighted by Crippen LogP contribution is 2.12. The average molecular weight is 256 g/mol. The van der Waals surface area contributed by atoms with E-state index in [1.165, 1.54) is 6.20 Å². The van der Waals surface area contributed by atoms with Crippen LogP contribution in [0.2, 0.25) is 0 Å². The molecule has 0 radical (unpaired) electrons. The van der Waals surface area contributed by atoms with Gasteiger partial charge >= 0.3 is 0 Å². The Morgan fingerprint density at radius 3 is 3.12 bits per heavy atom. The van der Waals surface area contributed by atoms with Crippen LogP contribution in [0.4, 0.5) is 5.82 Å². The zero-order chi connectivity index (χ0) is 12.3. The molecule has 1 amide bonds. The molecule has 1 aromatic heterocycles. The Balaban J connectivity index is 2.02. The molecule has 7 nitrogen and oxygen atoms in total. The van der Waals surface area contributed by atoms with Gasteiger partial charge in [-0.25, -0.2) is 0 Å². The lowest BCUT2D eigenvalue weighted by atomic mass is 10.3. The summed E-state index contributed by atoms with van der Waals surface area (Å²) in [5.74, 6) is 0.0584. The largest absolute Gasteiger partial charge is 0.389 e. The van der Waals surface area contributed by atoms with Crippen molar-refractivity contribution < 1.29 is 14.3 Å². The maximum absolute atomic E-state index is 11.8. The standard InChI is InChI=1S/C9H12N4O3S/c10-7(17)5-3-11-13-8(5)12-9(14)6-4-15-1-2-16-6/h3,6H,1-2,4H2,(H2,10,17)(H2,11,12,13,14). The molecule has 17 heavy (non-hydrogen) atoms. The van der Waals surface area contributed by atoms with Crippen LogP contribution in [-0.2, 0) is 14.3 Å². The van der Waals surface area contributed by atoms with Crippen molar-refractivity contribution in [3.8, 4) is 0 Å². The molecule has 8 heteroatoms. The van der Waals surface area contributed by atoms with Gasteiger partial charge in [-0.15, -0.1) is 0 Å². The van der Waals surface area contributed by atoms with Gasteiger partial charge in [-0.05, 0) is 0 Å². The topological polar surface area (TPSA) is 102 Å². The molecule has 1 fully saturated rings. The van der Waals surface area contributed by atoms with Crippen molar-refractivity contribution in [2.45, 2.75) is 6.10 Å². The molecule has 1 unspecified atom stereocenters. The summed E-state index contributed by atoms with van der Waals surface area (Å²) in [5.41, 5.74) is 5.97. The van der Waals surface area contributed by atoms with E-state index in [0.29, 0.717) is 24.6 Å². The van der Waals surface area contributed by atoms with Crippen molar-refractivity contribution in [3.05, 3.63) is 11.8 Å². The van der Waals surface area contributed by atoms with E-state index in [1.54, 1.807) is 0 Å². The molecule has 1 aliphatic heterocycles. The molecule has 2 rings (SSSR count). The number of aromatic nitrogens is 2. The monoisotopic (exact) mass is 256 g/mol. The van der Waals surface area contributed by atoms with Crippen molar-refractivity contribution in [1.82, 2.24) is 10.2 Å². The number of carbonyl (C=O) groups is 1. The first-order chi connectivity index (χ1) is 8.18. The van der Waals surface area contributed by atoms with Gasteiger partial charge in [0.25, 0.3) is 5.91 Å². The van der Waals surface area contributed by atoms with Crippen molar-refractivity contribution >= 4 is 28.9 Å². The summed E-state index contributed by atoms with van der Waals surface area (Å²) in [7, 11) is 0. The lowest BCUT2D eigenvalue weighted by Gasteiger charge is -2.21. The van der Waals surface area contributed by atoms with Gasteiger partial charge in [-0.2, -0.15) is 5.10 Å². The fourth-order valence-electron chi connectivity index (χ4n) is 1.41. The van der Waals surface area contributed by atoms with Gasteiger partial charge in [0.15, 0.2) is 6.10 Å². The van der Waals surface area contributed by atoms with Gasteiger partial charge in [0, 0.05) is 0 Å². The van der Waals surface area contributed by atoms with Crippen LogP contribution in [0.3, 0.4) is 0 Å². The molecule has 4 N–H and O–H groups in total. The Kier molecular flexibility index (Phi) is 3.67. The van der Waals surface area contributed by atoms with Gasteiger partial charge in [0.05, 0.1) is 31.6 Å². The van der Waals surface area contributed by atoms with Crippen LogP contribution in [0.1, 0.15) is 5.56 Å². The normalized spacial score (nSPS) is 19.9. The van der Waals surface area contributed by atoms with Gasteiger partial charge in [-0.1, -0.05) is 12.2 Å². The predicted molar refractivity (Wildman–Crippen MR) is 63.7 cm³/mol. The smallest absolute Gasteiger partial charge is 0.257 e. The number of amides is 1. The molecule has 1 aliphatic rings. The molecule has 0 aliphatic carbocycles. The summed E-state index contributed by atoms with van der Waals surface area (Å²) in [5, 5.41) is 8.99. The fourth-order valence-corrected chi connectivity index (χ4v) is 1.57. The van der Waals surface area contributed by atoms with Crippen LogP contribution >= 0.6 is 12.2 Å². The maximum Gasteiger partial charge on any atom is 0.257 e. The number of nitrogens with two attached hydrogens (primary N) is 1. The van der Waals surface area contributed by atoms with Crippen LogP contribution in [0.15, 0.2) is 6.20 Å². The Bertz CT molecular complexity index is 428. The molecule has 2 heterocycles. The van der Waals surface area contributed by atoms with Gasteiger partial charge in [0.2, 0.25) is 0 Å². The number of anilines is 1. The number of hydrogen-bond donors (Lipinski definition) is 3. The molecule has 1 atom stereocenters. The second-order valence-electron chi connectivity index (χ2n) is 3.45. The SMILES string of the molecule is NC(=S)c1cn[nH]c1NC(=O)C1COCCO1. The molecule has 0 saturated carbocycles. The predicted octanol–water partition coefficient (Wildman–Crippen LogP) is -0.602. The Labute approximate surface area is 103 Å². The van der Waals surface area contributed by atoms with E-state index in [-0.39, 0.29) is 17.5 Å². The maximum atomic E-state index is 11.8. The van der Waals surface area contributed by atoms with E-state index in [9.17, 15) is 4.79 Å². The van der Waals surface area contributed by atoms with E-state index >= 15 is 0 Å². The van der Waals surface area contributed by atoms with Crippen molar-refractivity contribution in [1.29, 1.82) is 0 Å². The minimum Gasteiger partial charge on any atom is -0.389 e. The Morgan fingerprint density at radius 1 is 1.65 bits per heavy atom. The van der Waals surface area contributed by atoms with Gasteiger partial charge in [-0.3, -0.25) is 9.89 Å². The van der Waals surface area contributed by atoms with Crippen molar-refractivity contribution in [2.75, 3.05) is 25.1 Å². The minimum absolute atomic E-state index is 0.162. The first-order valence-electron chi connectivity index (χ1n) is 5.02. The molecule has 0 bridgehead atoms. The number of carbonyl (C=O) groups excluding carboxylic acids is 1. The number of rotatable bonds is 3. The van der Waals surface area contributed by atoms with Crippen LogP contribution < -0.4 is 11.1 Å². The lowest BCUT2D eigenvalue weighted by molar-refractivity contribution is -0.142. The Morgan fingerprint density at radius 2 is 2.47 bits per heavy atom. The number of aromatic amines is 1. The molecule has 0 spiro atoms. The molecular weight excluding hydrogens is 244 g/mol. The third kappa shape index (κ3) is 2.78. The molecule has 1 aromatic rings. The minimum atomic E-state index is -0.619. The van der Waals surface area contributed by atoms with E-state index < -0.39 is 6.10 Å². The highest BCUT2D eigenvalue weighted by atomic mass is 32.1. The number of hydrogen-bond acceptors (Lipinski definition) is 5. The quantitative estimate of drug-likeness (QED) is 0.624. The summed E-state index contributed by atoms with van der Waals surface area (Å²) in [4.78, 5) is 12.0. The zero-order valence-electron chi connectivity index (χ0n) is 8.93. The third-order valence-electron chi connectivity index (χ3n) is 2.26. The van der Waals surface area contributed by atoms with E-state index in [1.807, 2.05) is 0 Å².